The smallest absolute Gasteiger partial charge is 0.326 e. The Balaban J connectivity index is 2.24. The zero-order valence-electron chi connectivity index (χ0n) is 20.1. The Bertz CT molecular complexity index is 1010. The predicted molar refractivity (Wildman–Crippen MR) is 134 cm³/mol. The number of hydrogen-bond acceptors (Lipinski definition) is 8. The third-order valence-corrected chi connectivity index (χ3v) is 5.90. The summed E-state index contributed by atoms with van der Waals surface area (Å²) in [6, 6.07) is 1.87. The predicted octanol–water partition coefficient (Wildman–Crippen LogP) is -0.460. The minimum absolute atomic E-state index is 0.0135. The maximum atomic E-state index is 13.3. The molecule has 4 unspecified atom stereocenters. The Hall–Kier alpha value is -3.58. The lowest BCUT2D eigenvalue weighted by molar-refractivity contribution is -0.142. The van der Waals surface area contributed by atoms with Gasteiger partial charge in [0.05, 0.1) is 12.4 Å². The number of benzene rings is 1. The van der Waals surface area contributed by atoms with E-state index in [1.807, 2.05) is 6.26 Å². The Kier molecular flexibility index (Phi) is 11.2. The van der Waals surface area contributed by atoms with Crippen LogP contribution in [0.2, 0.25) is 0 Å². The Morgan fingerprint density at radius 1 is 1.00 bits per heavy atom. The maximum Gasteiger partial charge on any atom is 0.326 e. The number of aromatic hydroxyl groups is 1. The molecule has 12 nitrogen and oxygen atoms in total. The number of carboxylic acids is 1. The fraction of sp³-hybridized carbons (Fsp3) is 0.435. The maximum absolute atomic E-state index is 13.3. The summed E-state index contributed by atoms with van der Waals surface area (Å²) in [7, 11) is 0. The first kappa shape index (κ1) is 28.7. The quantitative estimate of drug-likeness (QED) is 0.172. The van der Waals surface area contributed by atoms with E-state index in [2.05, 4.69) is 25.9 Å². The van der Waals surface area contributed by atoms with Crippen LogP contribution in [0.1, 0.15) is 24.6 Å². The van der Waals surface area contributed by atoms with Crippen molar-refractivity contribution in [1.29, 1.82) is 0 Å². The molecule has 0 saturated carbocycles. The van der Waals surface area contributed by atoms with Crippen molar-refractivity contribution in [2.75, 3.05) is 12.0 Å². The molecule has 0 spiro atoms. The van der Waals surface area contributed by atoms with E-state index in [1.54, 1.807) is 12.1 Å². The highest BCUT2D eigenvalue weighted by molar-refractivity contribution is 7.98. The molecule has 196 valence electrons. The second-order valence-corrected chi connectivity index (χ2v) is 9.23. The van der Waals surface area contributed by atoms with Crippen molar-refractivity contribution in [3.05, 3.63) is 48.0 Å². The second-order valence-electron chi connectivity index (χ2n) is 8.24. The third-order valence-electron chi connectivity index (χ3n) is 5.26. The van der Waals surface area contributed by atoms with E-state index >= 15 is 0 Å². The summed E-state index contributed by atoms with van der Waals surface area (Å²) in [6.45, 7) is 1.47. The second kappa shape index (κ2) is 14.1. The molecule has 0 bridgehead atoms. The highest BCUT2D eigenvalue weighted by Crippen LogP contribution is 2.12. The average molecular weight is 521 g/mol. The van der Waals surface area contributed by atoms with Crippen LogP contribution in [0.3, 0.4) is 0 Å². The van der Waals surface area contributed by atoms with Crippen molar-refractivity contribution in [1.82, 2.24) is 25.9 Å². The van der Waals surface area contributed by atoms with Gasteiger partial charge in [-0.3, -0.25) is 14.4 Å². The molecule has 3 amide bonds. The van der Waals surface area contributed by atoms with E-state index < -0.39 is 47.9 Å². The Labute approximate surface area is 212 Å². The van der Waals surface area contributed by atoms with Gasteiger partial charge < -0.3 is 36.9 Å². The standard InChI is InChI=1S/C23H32N6O6S/c1-13(24)20(31)28-18(9-14-3-5-16(30)6-4-14)21(32)29-19(10-15-11-25-12-26-15)22(33)27-17(23(34)35)7-8-36-2/h3-6,11-13,17-19,30H,7-10,24H2,1-2H3,(H,25,26)(H,27,33)(H,28,31)(H,29,32)(H,34,35). The van der Waals surface area contributed by atoms with Crippen LogP contribution in [-0.2, 0) is 32.0 Å². The van der Waals surface area contributed by atoms with Gasteiger partial charge in [-0.25, -0.2) is 9.78 Å². The van der Waals surface area contributed by atoms with Gasteiger partial charge in [0.25, 0.3) is 0 Å². The molecular weight excluding hydrogens is 488 g/mol. The number of carboxylic acid groups (broad SMARTS) is 1. The van der Waals surface area contributed by atoms with Gasteiger partial charge in [-0.1, -0.05) is 12.1 Å². The molecule has 2 rings (SSSR count). The highest BCUT2D eigenvalue weighted by Gasteiger charge is 2.30. The SMILES string of the molecule is CSCCC(NC(=O)C(Cc1cnc[nH]1)NC(=O)C(Cc1ccc(O)cc1)NC(=O)C(C)N)C(=O)O. The molecule has 8 N–H and O–H groups in total. The number of thioether (sulfide) groups is 1. The number of hydrogen-bond donors (Lipinski definition) is 7. The largest absolute Gasteiger partial charge is 0.508 e. The number of rotatable bonds is 14. The molecule has 36 heavy (non-hydrogen) atoms. The van der Waals surface area contributed by atoms with Gasteiger partial charge in [0.15, 0.2) is 0 Å². The third kappa shape index (κ3) is 9.23. The van der Waals surface area contributed by atoms with Crippen LogP contribution in [0, 0.1) is 0 Å². The number of imidazole rings is 1. The van der Waals surface area contributed by atoms with Crippen LogP contribution >= 0.6 is 11.8 Å². The minimum Gasteiger partial charge on any atom is -0.508 e. The lowest BCUT2D eigenvalue weighted by atomic mass is 10.0. The van der Waals surface area contributed by atoms with Crippen molar-refractivity contribution in [2.45, 2.75) is 50.4 Å². The van der Waals surface area contributed by atoms with Crippen LogP contribution in [0.5, 0.6) is 5.75 Å². The number of carbonyl (C=O) groups excluding carboxylic acids is 3. The summed E-state index contributed by atoms with van der Waals surface area (Å²) in [4.78, 5) is 57.0. The molecule has 0 saturated heterocycles. The number of amides is 3. The summed E-state index contributed by atoms with van der Waals surface area (Å²) in [5.41, 5.74) is 6.84. The number of nitrogens with one attached hydrogen (secondary N) is 4. The average Bonchev–Trinajstić information content (AvgIpc) is 3.34. The van der Waals surface area contributed by atoms with E-state index in [9.17, 15) is 29.4 Å². The van der Waals surface area contributed by atoms with E-state index in [0.29, 0.717) is 17.0 Å². The van der Waals surface area contributed by atoms with E-state index in [1.165, 1.54) is 43.3 Å². The number of carbonyl (C=O) groups is 4. The fourth-order valence-electron chi connectivity index (χ4n) is 3.24. The highest BCUT2D eigenvalue weighted by atomic mass is 32.2. The molecular formula is C23H32N6O6S. The van der Waals surface area contributed by atoms with Crippen LogP contribution in [0.4, 0.5) is 0 Å². The zero-order valence-corrected chi connectivity index (χ0v) is 20.9. The Morgan fingerprint density at radius 2 is 1.58 bits per heavy atom. The van der Waals surface area contributed by atoms with Crippen molar-refractivity contribution >= 4 is 35.5 Å². The number of aromatic amines is 1. The molecule has 0 fully saturated rings. The van der Waals surface area contributed by atoms with Gasteiger partial charge in [0, 0.05) is 24.7 Å². The minimum atomic E-state index is -1.18. The molecule has 1 heterocycles. The fourth-order valence-corrected chi connectivity index (χ4v) is 3.71. The monoisotopic (exact) mass is 520 g/mol. The topological polar surface area (TPSA) is 200 Å². The van der Waals surface area contributed by atoms with Crippen molar-refractivity contribution < 1.29 is 29.4 Å². The van der Waals surface area contributed by atoms with Crippen molar-refractivity contribution in [2.24, 2.45) is 5.73 Å². The summed E-state index contributed by atoms with van der Waals surface area (Å²) in [5, 5.41) is 26.7. The number of aromatic nitrogens is 2. The van der Waals surface area contributed by atoms with Gasteiger partial charge >= 0.3 is 5.97 Å². The molecule has 4 atom stereocenters. The van der Waals surface area contributed by atoms with E-state index in [-0.39, 0.29) is 25.0 Å². The molecule has 0 aliphatic carbocycles. The first-order valence-electron chi connectivity index (χ1n) is 11.2. The number of nitrogens with two attached hydrogens (primary N) is 1. The lowest BCUT2D eigenvalue weighted by Gasteiger charge is -2.25. The van der Waals surface area contributed by atoms with Crippen LogP contribution in [-0.4, -0.2) is 80.0 Å². The summed E-state index contributed by atoms with van der Waals surface area (Å²) >= 11 is 1.45. The van der Waals surface area contributed by atoms with Crippen molar-refractivity contribution in [3.63, 3.8) is 0 Å². The molecule has 0 aliphatic rings. The van der Waals surface area contributed by atoms with Gasteiger partial charge in [-0.15, -0.1) is 0 Å². The number of H-pyrrole nitrogens is 1. The van der Waals surface area contributed by atoms with E-state index in [4.69, 9.17) is 5.73 Å². The molecule has 2 aromatic rings. The van der Waals surface area contributed by atoms with Crippen LogP contribution in [0.25, 0.3) is 0 Å². The summed E-state index contributed by atoms with van der Waals surface area (Å²) in [5.74, 6) is -2.52. The number of nitrogens with zero attached hydrogens (tertiary/aromatic N) is 1. The van der Waals surface area contributed by atoms with Crippen LogP contribution in [0.15, 0.2) is 36.8 Å². The first-order valence-corrected chi connectivity index (χ1v) is 12.6. The molecule has 1 aromatic carbocycles. The lowest BCUT2D eigenvalue weighted by Crippen LogP contribution is -2.58. The summed E-state index contributed by atoms with van der Waals surface area (Å²) in [6.07, 6.45) is 5.02. The number of phenols is 1. The van der Waals surface area contributed by atoms with Gasteiger partial charge in [-0.05, 0) is 43.0 Å². The first-order chi connectivity index (χ1) is 17.1. The number of phenolic OH excluding ortho intramolecular Hbond substituents is 1. The van der Waals surface area contributed by atoms with E-state index in [0.717, 1.165) is 0 Å². The van der Waals surface area contributed by atoms with Crippen LogP contribution < -0.4 is 21.7 Å². The van der Waals surface area contributed by atoms with Crippen molar-refractivity contribution in [3.8, 4) is 5.75 Å². The molecule has 0 aliphatic heterocycles. The Morgan fingerprint density at radius 3 is 2.11 bits per heavy atom. The zero-order chi connectivity index (χ0) is 26.7. The summed E-state index contributed by atoms with van der Waals surface area (Å²) < 4.78 is 0. The molecule has 1 aromatic heterocycles. The van der Waals surface area contributed by atoms with Gasteiger partial charge in [0.1, 0.15) is 23.9 Å². The molecule has 13 heteroatoms. The van der Waals surface area contributed by atoms with Gasteiger partial charge in [0.2, 0.25) is 17.7 Å². The normalized spacial score (nSPS) is 14.2. The molecule has 0 radical (unpaired) electrons. The number of aliphatic carboxylic acids is 1. The van der Waals surface area contributed by atoms with Gasteiger partial charge in [-0.2, -0.15) is 11.8 Å².